The molecule has 0 aliphatic rings. The second-order valence-electron chi connectivity index (χ2n) is 2.85. The lowest BCUT2D eigenvalue weighted by Gasteiger charge is -2.08. The van der Waals surface area contributed by atoms with Crippen molar-refractivity contribution in [2.75, 3.05) is 5.75 Å². The summed E-state index contributed by atoms with van der Waals surface area (Å²) < 4.78 is 0. The van der Waals surface area contributed by atoms with E-state index in [1.54, 1.807) is 7.41 Å². The predicted octanol–water partition coefficient (Wildman–Crippen LogP) is -0.696. The zero-order chi connectivity index (χ0) is 10.4. The van der Waals surface area contributed by atoms with Gasteiger partial charge in [-0.15, -0.1) is 0 Å². The molecule has 3 N–H and O–H groups in total. The van der Waals surface area contributed by atoms with Crippen LogP contribution in [0.2, 0.25) is 0 Å². The molecule has 1 unspecified atom stereocenters. The lowest BCUT2D eigenvalue weighted by molar-refractivity contribution is -0.120. The van der Waals surface area contributed by atoms with Crippen LogP contribution in [0.25, 0.3) is 0 Å². The summed E-state index contributed by atoms with van der Waals surface area (Å²) in [5.74, 6) is 0.123. The molecule has 1 aromatic rings. The van der Waals surface area contributed by atoms with Crippen LogP contribution < -0.4 is 16.4 Å². The summed E-state index contributed by atoms with van der Waals surface area (Å²) in [4.78, 5) is 11.2. The van der Waals surface area contributed by atoms with E-state index < -0.39 is 6.04 Å². The van der Waals surface area contributed by atoms with Gasteiger partial charge in [0.15, 0.2) is 0 Å². The second-order valence-corrected chi connectivity index (χ2v) is 3.22. The molecule has 0 spiro atoms. The van der Waals surface area contributed by atoms with Crippen molar-refractivity contribution >= 4 is 31.4 Å². The lowest BCUT2D eigenvalue weighted by atomic mass is 9.83. The molecule has 3 nitrogen and oxygen atoms in total. The van der Waals surface area contributed by atoms with E-state index in [9.17, 15) is 4.79 Å². The predicted molar refractivity (Wildman–Crippen MR) is 61.8 cm³/mol. The fraction of sp³-hybridized carbons (Fsp3) is 0.222. The van der Waals surface area contributed by atoms with Crippen molar-refractivity contribution < 1.29 is 4.79 Å². The minimum atomic E-state index is -0.557. The van der Waals surface area contributed by atoms with Crippen LogP contribution in [0.15, 0.2) is 30.3 Å². The van der Waals surface area contributed by atoms with Gasteiger partial charge in [-0.2, -0.15) is 12.6 Å². The fourth-order valence-corrected chi connectivity index (χ4v) is 1.06. The van der Waals surface area contributed by atoms with Gasteiger partial charge in [-0.1, -0.05) is 35.8 Å². The molecule has 0 bridgehead atoms. The summed E-state index contributed by atoms with van der Waals surface area (Å²) in [5.41, 5.74) is 6.41. The first-order valence-corrected chi connectivity index (χ1v) is 4.92. The van der Waals surface area contributed by atoms with Crippen molar-refractivity contribution in [2.45, 2.75) is 6.04 Å². The molecular formula is C9H12BN2OS. The maximum absolute atomic E-state index is 11.2. The molecule has 1 rings (SSSR count). The average Bonchev–Trinajstić information content (AvgIpc) is 2.26. The Kier molecular flexibility index (Phi) is 4.55. The van der Waals surface area contributed by atoms with E-state index in [4.69, 9.17) is 5.73 Å². The molecule has 0 saturated carbocycles. The molecule has 1 radical (unpaired) electrons. The molecule has 1 amide bonds. The number of carbonyl (C=O) groups is 1. The molecular weight excluding hydrogens is 195 g/mol. The van der Waals surface area contributed by atoms with Crippen LogP contribution >= 0.6 is 12.6 Å². The number of benzene rings is 1. The highest BCUT2D eigenvalue weighted by atomic mass is 32.1. The first-order chi connectivity index (χ1) is 6.74. The summed E-state index contributed by atoms with van der Waals surface area (Å²) >= 11 is 3.94. The Balaban J connectivity index is 2.38. The Morgan fingerprint density at radius 1 is 1.50 bits per heavy atom. The number of thiol groups is 1. The van der Waals surface area contributed by atoms with Gasteiger partial charge in [-0.3, -0.25) is 4.79 Å². The Hall–Kier alpha value is -0.935. The molecule has 0 saturated heterocycles. The summed E-state index contributed by atoms with van der Waals surface area (Å²) in [7, 11) is 1.63. The van der Waals surface area contributed by atoms with Gasteiger partial charge in [0.25, 0.3) is 7.41 Å². The van der Waals surface area contributed by atoms with Gasteiger partial charge >= 0.3 is 0 Å². The largest absolute Gasteiger partial charge is 0.397 e. The minimum Gasteiger partial charge on any atom is -0.397 e. The Bertz CT molecular complexity index is 294. The van der Waals surface area contributed by atoms with E-state index >= 15 is 0 Å². The maximum Gasteiger partial charge on any atom is 0.284 e. The van der Waals surface area contributed by atoms with E-state index in [1.165, 1.54) is 0 Å². The molecule has 0 heterocycles. The normalized spacial score (nSPS) is 11.9. The third kappa shape index (κ3) is 3.43. The summed E-state index contributed by atoms with van der Waals surface area (Å²) in [6, 6.07) is 8.95. The summed E-state index contributed by atoms with van der Waals surface area (Å²) in [6.07, 6.45) is 0. The molecule has 0 aliphatic carbocycles. The number of hydrogen-bond acceptors (Lipinski definition) is 3. The standard InChI is InChI=1S/C9H12BN2OS/c11-8(6-14)9(13)12-10-7-4-2-1-3-5-7/h1-5,8,14H,6,11H2,(H,12,13). The van der Waals surface area contributed by atoms with Crippen LogP contribution in [-0.4, -0.2) is 25.1 Å². The quantitative estimate of drug-likeness (QED) is 0.452. The highest BCUT2D eigenvalue weighted by Gasteiger charge is 2.10. The third-order valence-electron chi connectivity index (χ3n) is 1.71. The zero-order valence-electron chi connectivity index (χ0n) is 7.68. The molecule has 0 aliphatic heterocycles. The van der Waals surface area contributed by atoms with Crippen LogP contribution in [0, 0.1) is 0 Å². The number of nitrogens with one attached hydrogen (secondary N) is 1. The van der Waals surface area contributed by atoms with E-state index in [-0.39, 0.29) is 5.91 Å². The van der Waals surface area contributed by atoms with E-state index in [2.05, 4.69) is 17.9 Å². The first kappa shape index (κ1) is 11.1. The SMILES string of the molecule is NC(CS)C(=O)N[B]c1ccccc1. The van der Waals surface area contributed by atoms with Crippen molar-refractivity contribution in [1.82, 2.24) is 5.23 Å². The molecule has 0 fully saturated rings. The van der Waals surface area contributed by atoms with Crippen LogP contribution in [0.4, 0.5) is 0 Å². The van der Waals surface area contributed by atoms with Crippen LogP contribution in [0.5, 0.6) is 0 Å². The number of carbonyl (C=O) groups excluding carboxylic acids is 1. The average molecular weight is 207 g/mol. The van der Waals surface area contributed by atoms with Crippen LogP contribution in [-0.2, 0) is 4.79 Å². The van der Waals surface area contributed by atoms with Gasteiger partial charge in [-0.25, -0.2) is 0 Å². The van der Waals surface area contributed by atoms with Crippen molar-refractivity contribution in [3.8, 4) is 0 Å². The van der Waals surface area contributed by atoms with E-state index in [0.717, 1.165) is 5.46 Å². The van der Waals surface area contributed by atoms with E-state index in [0.29, 0.717) is 5.75 Å². The van der Waals surface area contributed by atoms with Crippen LogP contribution in [0.1, 0.15) is 0 Å². The molecule has 73 valence electrons. The number of hydrogen-bond donors (Lipinski definition) is 3. The van der Waals surface area contributed by atoms with Gasteiger partial charge in [0.2, 0.25) is 5.91 Å². The Morgan fingerprint density at radius 3 is 2.71 bits per heavy atom. The van der Waals surface area contributed by atoms with Crippen molar-refractivity contribution in [3.63, 3.8) is 0 Å². The second kappa shape index (κ2) is 5.72. The monoisotopic (exact) mass is 207 g/mol. The molecule has 0 aromatic heterocycles. The maximum atomic E-state index is 11.2. The first-order valence-electron chi connectivity index (χ1n) is 4.29. The van der Waals surface area contributed by atoms with Gasteiger partial charge in [0.1, 0.15) is 0 Å². The molecule has 14 heavy (non-hydrogen) atoms. The molecule has 5 heteroatoms. The third-order valence-corrected chi connectivity index (χ3v) is 2.11. The fourth-order valence-electron chi connectivity index (χ4n) is 0.894. The van der Waals surface area contributed by atoms with Crippen molar-refractivity contribution in [3.05, 3.63) is 30.3 Å². The number of rotatable bonds is 4. The van der Waals surface area contributed by atoms with Gasteiger partial charge in [0, 0.05) is 5.75 Å². The van der Waals surface area contributed by atoms with Crippen molar-refractivity contribution in [1.29, 1.82) is 0 Å². The smallest absolute Gasteiger partial charge is 0.284 e. The number of nitrogens with two attached hydrogens (primary N) is 1. The van der Waals surface area contributed by atoms with Gasteiger partial charge < -0.3 is 11.0 Å². The summed E-state index contributed by atoms with van der Waals surface area (Å²) in [5, 5.41) is 2.61. The van der Waals surface area contributed by atoms with Crippen molar-refractivity contribution in [2.24, 2.45) is 5.73 Å². The van der Waals surface area contributed by atoms with E-state index in [1.807, 2.05) is 30.3 Å². The highest BCUT2D eigenvalue weighted by Crippen LogP contribution is 1.83. The highest BCUT2D eigenvalue weighted by molar-refractivity contribution is 7.80. The van der Waals surface area contributed by atoms with Gasteiger partial charge in [0.05, 0.1) is 6.04 Å². The summed E-state index contributed by atoms with van der Waals surface area (Å²) in [6.45, 7) is 0. The lowest BCUT2D eigenvalue weighted by Crippen LogP contribution is -2.46. The van der Waals surface area contributed by atoms with Gasteiger partial charge in [-0.05, 0) is 0 Å². The van der Waals surface area contributed by atoms with Crippen LogP contribution in [0.3, 0.4) is 0 Å². The zero-order valence-corrected chi connectivity index (χ0v) is 8.58. The minimum absolute atomic E-state index is 0.219. The molecule has 1 atom stereocenters. The Morgan fingerprint density at radius 2 is 2.14 bits per heavy atom. The molecule has 1 aromatic carbocycles. The topological polar surface area (TPSA) is 55.1 Å². The number of amides is 1. The Labute approximate surface area is 89.7 Å².